The van der Waals surface area contributed by atoms with E-state index in [1.807, 2.05) is 0 Å². The first kappa shape index (κ1) is 37.6. The van der Waals surface area contributed by atoms with Gasteiger partial charge in [0.25, 0.3) is 0 Å². The molecule has 3 N–H and O–H groups in total. The number of hydrogen-bond acceptors (Lipinski definition) is 4. The molecule has 35 heavy (non-hydrogen) atoms. The molecule has 0 spiro atoms. The van der Waals surface area contributed by atoms with E-state index < -0.39 is 0 Å². The zero-order valence-corrected chi connectivity index (χ0v) is 26.1. The Balaban J connectivity index is 0. The van der Waals surface area contributed by atoms with Gasteiger partial charge in [0.1, 0.15) is 0 Å². The first-order valence-electron chi connectivity index (χ1n) is 15.3. The van der Waals surface area contributed by atoms with Crippen LogP contribution in [0.25, 0.3) is 0 Å². The summed E-state index contributed by atoms with van der Waals surface area (Å²) >= 11 is 0. The van der Waals surface area contributed by atoms with Crippen molar-refractivity contribution in [3.05, 3.63) is 0 Å². The Morgan fingerprint density at radius 1 is 0.486 bits per heavy atom. The van der Waals surface area contributed by atoms with E-state index in [2.05, 4.69) is 18.7 Å². The molecule has 0 aromatic carbocycles. The Labute approximate surface area is 233 Å². The zero-order chi connectivity index (χ0) is 25.1. The van der Waals surface area contributed by atoms with Gasteiger partial charge in [0.2, 0.25) is 0 Å². The van der Waals surface area contributed by atoms with E-state index >= 15 is 0 Å². The Kier molecular flexibility index (Phi) is 33.0. The van der Waals surface area contributed by atoms with E-state index in [-0.39, 0.29) is 38.9 Å². The SMILES string of the molecule is CCCCCCCCCCC(O)CN(CCCCCCO)CC(O)CCCCCCCCCC.[Ir]. The van der Waals surface area contributed by atoms with E-state index in [4.69, 9.17) is 5.11 Å². The van der Waals surface area contributed by atoms with Gasteiger partial charge in [0.15, 0.2) is 0 Å². The van der Waals surface area contributed by atoms with Gasteiger partial charge in [-0.2, -0.15) is 0 Å². The van der Waals surface area contributed by atoms with Crippen LogP contribution in [0, 0.1) is 0 Å². The van der Waals surface area contributed by atoms with E-state index in [1.54, 1.807) is 0 Å². The molecule has 0 aliphatic heterocycles. The Bertz CT molecular complexity index is 359. The van der Waals surface area contributed by atoms with Gasteiger partial charge < -0.3 is 15.3 Å². The van der Waals surface area contributed by atoms with Crippen LogP contribution in [0.5, 0.6) is 0 Å². The van der Waals surface area contributed by atoms with Crippen LogP contribution in [0.4, 0.5) is 0 Å². The van der Waals surface area contributed by atoms with Crippen molar-refractivity contribution in [2.75, 3.05) is 26.2 Å². The maximum atomic E-state index is 10.6. The summed E-state index contributed by atoms with van der Waals surface area (Å²) in [6, 6.07) is 0. The van der Waals surface area contributed by atoms with Crippen LogP contribution < -0.4 is 0 Å². The minimum absolute atomic E-state index is 0. The molecule has 0 bridgehead atoms. The van der Waals surface area contributed by atoms with Crippen molar-refractivity contribution in [2.24, 2.45) is 0 Å². The van der Waals surface area contributed by atoms with Crippen LogP contribution in [0.3, 0.4) is 0 Å². The molecular weight excluding hydrogens is 615 g/mol. The maximum Gasteiger partial charge on any atom is 0.0667 e. The number of hydrogen-bond donors (Lipinski definition) is 3. The molecule has 0 aliphatic rings. The summed E-state index contributed by atoms with van der Waals surface area (Å²) in [7, 11) is 0. The third-order valence-corrected chi connectivity index (χ3v) is 7.10. The Morgan fingerprint density at radius 3 is 1.23 bits per heavy atom. The molecule has 0 rings (SSSR count). The average molecular weight is 678 g/mol. The molecule has 0 amide bonds. The fourth-order valence-corrected chi connectivity index (χ4v) is 4.86. The van der Waals surface area contributed by atoms with Gasteiger partial charge in [-0.25, -0.2) is 0 Å². The first-order valence-corrected chi connectivity index (χ1v) is 15.3. The van der Waals surface area contributed by atoms with Crippen molar-refractivity contribution in [3.8, 4) is 0 Å². The molecule has 0 saturated heterocycles. The van der Waals surface area contributed by atoms with Crippen molar-refractivity contribution in [3.63, 3.8) is 0 Å². The second-order valence-corrected chi connectivity index (χ2v) is 10.7. The van der Waals surface area contributed by atoms with Crippen LogP contribution in [0.1, 0.15) is 155 Å². The second kappa shape index (κ2) is 30.7. The van der Waals surface area contributed by atoms with Crippen LogP contribution in [-0.4, -0.2) is 58.7 Å². The standard InChI is InChI=1S/C30H63NO3.Ir/c1-3-5-7-9-11-13-15-19-23-29(33)27-31(25-21-17-18-22-26-32)28-30(34)24-20-16-14-12-10-8-6-4-2;/h29-30,32-34H,3-28H2,1-2H3;. The summed E-state index contributed by atoms with van der Waals surface area (Å²) in [5.41, 5.74) is 0. The molecule has 215 valence electrons. The zero-order valence-electron chi connectivity index (χ0n) is 23.7. The predicted octanol–water partition coefficient (Wildman–Crippen LogP) is 7.62. The summed E-state index contributed by atoms with van der Waals surface area (Å²) in [4.78, 5) is 2.30. The minimum atomic E-state index is -0.284. The van der Waals surface area contributed by atoms with Gasteiger partial charge in [0.05, 0.1) is 12.2 Å². The molecule has 4 nitrogen and oxygen atoms in total. The molecule has 1 radical (unpaired) electrons. The van der Waals surface area contributed by atoms with E-state index in [1.165, 1.54) is 89.9 Å². The Hall–Kier alpha value is 0.489. The Morgan fingerprint density at radius 2 is 0.829 bits per heavy atom. The third kappa shape index (κ3) is 28.9. The maximum absolute atomic E-state index is 10.6. The summed E-state index contributed by atoms with van der Waals surface area (Å²) in [5, 5.41) is 30.2. The normalized spacial score (nSPS) is 13.2. The van der Waals surface area contributed by atoms with Crippen molar-refractivity contribution in [1.29, 1.82) is 0 Å². The molecule has 0 saturated carbocycles. The molecule has 0 aliphatic carbocycles. The van der Waals surface area contributed by atoms with Crippen molar-refractivity contribution in [1.82, 2.24) is 4.90 Å². The topological polar surface area (TPSA) is 63.9 Å². The number of unbranched alkanes of at least 4 members (excludes halogenated alkanes) is 17. The molecule has 0 aromatic heterocycles. The summed E-state index contributed by atoms with van der Waals surface area (Å²) < 4.78 is 0. The molecule has 0 fully saturated rings. The summed E-state index contributed by atoms with van der Waals surface area (Å²) in [6.45, 7) is 7.10. The van der Waals surface area contributed by atoms with Crippen molar-refractivity contribution < 1.29 is 35.4 Å². The van der Waals surface area contributed by atoms with E-state index in [0.717, 1.165) is 57.9 Å². The number of aliphatic hydroxyl groups is 3. The molecule has 2 atom stereocenters. The first-order chi connectivity index (χ1) is 16.6. The largest absolute Gasteiger partial charge is 0.396 e. The van der Waals surface area contributed by atoms with E-state index in [0.29, 0.717) is 13.1 Å². The second-order valence-electron chi connectivity index (χ2n) is 10.7. The van der Waals surface area contributed by atoms with E-state index in [9.17, 15) is 10.2 Å². The smallest absolute Gasteiger partial charge is 0.0667 e. The average Bonchev–Trinajstić information content (AvgIpc) is 2.82. The van der Waals surface area contributed by atoms with Crippen LogP contribution >= 0.6 is 0 Å². The fourth-order valence-electron chi connectivity index (χ4n) is 4.86. The molecule has 5 heteroatoms. The van der Waals surface area contributed by atoms with Crippen molar-refractivity contribution in [2.45, 2.75) is 167 Å². The van der Waals surface area contributed by atoms with Crippen molar-refractivity contribution >= 4 is 0 Å². The monoisotopic (exact) mass is 678 g/mol. The predicted molar refractivity (Wildman–Crippen MR) is 148 cm³/mol. The molecule has 0 aromatic rings. The number of aliphatic hydroxyl groups excluding tert-OH is 3. The molecule has 0 heterocycles. The van der Waals surface area contributed by atoms with Gasteiger partial charge in [-0.1, -0.05) is 129 Å². The third-order valence-electron chi connectivity index (χ3n) is 7.10. The van der Waals surface area contributed by atoms with Gasteiger partial charge in [-0.3, -0.25) is 4.90 Å². The number of nitrogens with zero attached hydrogens (tertiary/aromatic N) is 1. The van der Waals surface area contributed by atoms with Crippen LogP contribution in [0.15, 0.2) is 0 Å². The fraction of sp³-hybridized carbons (Fsp3) is 1.00. The number of rotatable bonds is 28. The quantitative estimate of drug-likeness (QED) is 0.0746. The van der Waals surface area contributed by atoms with Gasteiger partial charge in [0, 0.05) is 39.8 Å². The van der Waals surface area contributed by atoms with Gasteiger partial charge in [-0.15, -0.1) is 0 Å². The summed E-state index contributed by atoms with van der Waals surface area (Å²) in [5.74, 6) is 0. The minimum Gasteiger partial charge on any atom is -0.396 e. The molecule has 2 unspecified atom stereocenters. The van der Waals surface area contributed by atoms with Gasteiger partial charge >= 0.3 is 0 Å². The molecular formula is C30H63IrNO3. The van der Waals surface area contributed by atoms with Crippen LogP contribution in [0.2, 0.25) is 0 Å². The van der Waals surface area contributed by atoms with Gasteiger partial charge in [-0.05, 0) is 32.2 Å². The van der Waals surface area contributed by atoms with Crippen LogP contribution in [-0.2, 0) is 20.1 Å². The summed E-state index contributed by atoms with van der Waals surface area (Å²) in [6.07, 6.45) is 26.0.